The molecule has 2 aliphatic rings. The minimum Gasteiger partial charge on any atom is -0.452 e. The van der Waals surface area contributed by atoms with E-state index in [2.05, 4.69) is 26.0 Å². The number of rotatable bonds is 6. The van der Waals surface area contributed by atoms with E-state index in [9.17, 15) is 8.42 Å². The van der Waals surface area contributed by atoms with E-state index in [0.29, 0.717) is 18.3 Å². The lowest BCUT2D eigenvalue weighted by Crippen LogP contribution is -2.38. The second-order valence-corrected chi connectivity index (χ2v) is 9.09. The molecule has 118 valence electrons. The summed E-state index contributed by atoms with van der Waals surface area (Å²) in [7, 11) is -3.52. The van der Waals surface area contributed by atoms with Gasteiger partial charge >= 0.3 is 0 Å². The van der Waals surface area contributed by atoms with Crippen LogP contribution in [0.25, 0.3) is 0 Å². The van der Waals surface area contributed by atoms with Crippen molar-refractivity contribution in [2.75, 3.05) is 11.5 Å². The zero-order valence-corrected chi connectivity index (χ0v) is 14.8. The number of nitrogens with one attached hydrogen (secondary N) is 2. The molecule has 1 aliphatic heterocycles. The van der Waals surface area contributed by atoms with E-state index >= 15 is 0 Å². The Hall–Kier alpha value is -0.0200. The Bertz CT molecular complexity index is 593. The van der Waals surface area contributed by atoms with Gasteiger partial charge in [0.25, 0.3) is 0 Å². The third-order valence-corrected chi connectivity index (χ3v) is 7.21. The average Bonchev–Trinajstić information content (AvgIpc) is 3.19. The molecule has 8 heteroatoms. The fourth-order valence-electron chi connectivity index (χ4n) is 2.32. The third-order valence-electron chi connectivity index (χ3n) is 3.62. The molecule has 2 heterocycles. The van der Waals surface area contributed by atoms with E-state index in [-0.39, 0.29) is 15.6 Å². The van der Waals surface area contributed by atoms with E-state index in [1.165, 1.54) is 12.8 Å². The Labute approximate surface area is 137 Å². The molecule has 1 aliphatic carbocycles. The molecule has 2 fully saturated rings. The normalized spacial score (nSPS) is 23.4. The van der Waals surface area contributed by atoms with Crippen LogP contribution >= 0.6 is 27.7 Å². The van der Waals surface area contributed by atoms with Gasteiger partial charge in [-0.1, -0.05) is 0 Å². The van der Waals surface area contributed by atoms with Crippen molar-refractivity contribution in [1.29, 1.82) is 0 Å². The van der Waals surface area contributed by atoms with E-state index in [1.807, 2.05) is 0 Å². The molecular formula is C13H19BrN2O3S2. The highest BCUT2D eigenvalue weighted by molar-refractivity contribution is 9.10. The van der Waals surface area contributed by atoms with Gasteiger partial charge in [-0.05, 0) is 47.4 Å². The van der Waals surface area contributed by atoms with Crippen LogP contribution in [-0.2, 0) is 16.6 Å². The molecule has 1 atom stereocenters. The molecule has 5 nitrogen and oxygen atoms in total. The summed E-state index contributed by atoms with van der Waals surface area (Å²) in [6.07, 6.45) is 4.33. The minimum atomic E-state index is -3.52. The fraction of sp³-hybridized carbons (Fsp3) is 0.692. The van der Waals surface area contributed by atoms with Gasteiger partial charge in [-0.15, -0.1) is 0 Å². The molecule has 0 aromatic carbocycles. The number of hydrogen-bond acceptors (Lipinski definition) is 5. The molecule has 1 saturated carbocycles. The van der Waals surface area contributed by atoms with Crippen LogP contribution in [-0.4, -0.2) is 32.0 Å². The number of thioether (sulfide) groups is 1. The molecule has 1 unspecified atom stereocenters. The molecule has 3 rings (SSSR count). The molecule has 0 spiro atoms. The van der Waals surface area contributed by atoms with Crippen molar-refractivity contribution in [3.05, 3.63) is 16.5 Å². The number of halogens is 1. The van der Waals surface area contributed by atoms with Crippen LogP contribution in [0.3, 0.4) is 0 Å². The van der Waals surface area contributed by atoms with Crippen molar-refractivity contribution in [1.82, 2.24) is 10.0 Å². The summed E-state index contributed by atoms with van der Waals surface area (Å²) < 4.78 is 33.5. The van der Waals surface area contributed by atoms with Gasteiger partial charge in [0.15, 0.2) is 4.67 Å². The Kier molecular flexibility index (Phi) is 5.00. The van der Waals surface area contributed by atoms with Crippen LogP contribution < -0.4 is 10.0 Å². The first-order chi connectivity index (χ1) is 10.0. The maximum Gasteiger partial charge on any atom is 0.245 e. The maximum absolute atomic E-state index is 12.5. The predicted molar refractivity (Wildman–Crippen MR) is 86.9 cm³/mol. The van der Waals surface area contributed by atoms with Gasteiger partial charge in [0.2, 0.25) is 10.0 Å². The lowest BCUT2D eigenvalue weighted by Gasteiger charge is -2.21. The molecule has 0 radical (unpaired) electrons. The summed E-state index contributed by atoms with van der Waals surface area (Å²) in [5, 5.41) is 3.31. The van der Waals surface area contributed by atoms with Crippen molar-refractivity contribution in [2.45, 2.75) is 49.2 Å². The number of hydrogen-bond donors (Lipinski definition) is 2. The molecule has 2 N–H and O–H groups in total. The van der Waals surface area contributed by atoms with Crippen LogP contribution in [0.2, 0.25) is 0 Å². The lowest BCUT2D eigenvalue weighted by molar-refractivity contribution is 0.459. The van der Waals surface area contributed by atoms with Crippen molar-refractivity contribution in [2.24, 2.45) is 0 Å². The van der Waals surface area contributed by atoms with Gasteiger partial charge in [-0.3, -0.25) is 0 Å². The summed E-state index contributed by atoms with van der Waals surface area (Å²) in [6.45, 7) is 0.568. The highest BCUT2D eigenvalue weighted by atomic mass is 79.9. The fourth-order valence-corrected chi connectivity index (χ4v) is 5.76. The second kappa shape index (κ2) is 6.62. The van der Waals surface area contributed by atoms with Gasteiger partial charge in [0, 0.05) is 23.9 Å². The monoisotopic (exact) mass is 394 g/mol. The zero-order valence-electron chi connectivity index (χ0n) is 11.6. The largest absolute Gasteiger partial charge is 0.452 e. The van der Waals surface area contributed by atoms with Crippen LogP contribution in [0.15, 0.2) is 20.0 Å². The molecule has 1 aromatic heterocycles. The summed E-state index contributed by atoms with van der Waals surface area (Å²) in [6, 6.07) is 2.19. The van der Waals surface area contributed by atoms with Crippen LogP contribution in [0.4, 0.5) is 0 Å². The Morgan fingerprint density at radius 2 is 2.14 bits per heavy atom. The van der Waals surface area contributed by atoms with Crippen LogP contribution in [0, 0.1) is 0 Å². The standard InChI is InChI=1S/C13H19BrN2O3S2/c14-13-12(6-11(19-13)7-15-9-3-4-9)21(17,18)16-10-2-1-5-20-8-10/h6,9-10,15-16H,1-5,7-8H2. The Morgan fingerprint density at radius 1 is 1.33 bits per heavy atom. The minimum absolute atomic E-state index is 0.0172. The number of furan rings is 1. The maximum atomic E-state index is 12.5. The predicted octanol–water partition coefficient (Wildman–Crippen LogP) is 2.47. The van der Waals surface area contributed by atoms with Crippen molar-refractivity contribution in [3.63, 3.8) is 0 Å². The lowest BCUT2D eigenvalue weighted by atomic mass is 10.2. The molecule has 1 saturated heterocycles. The topological polar surface area (TPSA) is 71.3 Å². The number of sulfonamides is 1. The van der Waals surface area contributed by atoms with Gasteiger partial charge in [-0.2, -0.15) is 11.8 Å². The van der Waals surface area contributed by atoms with Gasteiger partial charge in [0.1, 0.15) is 10.7 Å². The average molecular weight is 395 g/mol. The highest BCUT2D eigenvalue weighted by Crippen LogP contribution is 2.28. The SMILES string of the molecule is O=S(=O)(NC1CCCSC1)c1cc(CNC2CC2)oc1Br. The van der Waals surface area contributed by atoms with Gasteiger partial charge < -0.3 is 9.73 Å². The van der Waals surface area contributed by atoms with Gasteiger partial charge in [-0.25, -0.2) is 13.1 Å². The van der Waals surface area contributed by atoms with Gasteiger partial charge in [0.05, 0.1) is 6.54 Å². The molecule has 0 bridgehead atoms. The third kappa shape index (κ3) is 4.25. The first-order valence-electron chi connectivity index (χ1n) is 7.16. The van der Waals surface area contributed by atoms with E-state index in [0.717, 1.165) is 24.3 Å². The Morgan fingerprint density at radius 3 is 2.81 bits per heavy atom. The summed E-state index contributed by atoms with van der Waals surface area (Å²) in [5.41, 5.74) is 0. The van der Waals surface area contributed by atoms with Crippen molar-refractivity contribution < 1.29 is 12.8 Å². The molecular weight excluding hydrogens is 376 g/mol. The first-order valence-corrected chi connectivity index (χ1v) is 10.6. The summed E-state index contributed by atoms with van der Waals surface area (Å²) in [4.78, 5) is 0.200. The van der Waals surface area contributed by atoms with Crippen molar-refractivity contribution in [3.8, 4) is 0 Å². The van der Waals surface area contributed by atoms with Crippen LogP contribution in [0.1, 0.15) is 31.4 Å². The van der Waals surface area contributed by atoms with E-state index < -0.39 is 10.0 Å². The molecule has 0 amide bonds. The second-order valence-electron chi connectivity index (χ2n) is 5.54. The smallest absolute Gasteiger partial charge is 0.245 e. The zero-order chi connectivity index (χ0) is 14.9. The Balaban J connectivity index is 1.68. The molecule has 1 aromatic rings. The van der Waals surface area contributed by atoms with E-state index in [1.54, 1.807) is 17.8 Å². The highest BCUT2D eigenvalue weighted by Gasteiger charge is 2.27. The first kappa shape index (κ1) is 15.9. The quantitative estimate of drug-likeness (QED) is 0.775. The molecule has 21 heavy (non-hydrogen) atoms. The van der Waals surface area contributed by atoms with E-state index in [4.69, 9.17) is 4.42 Å². The summed E-state index contributed by atoms with van der Waals surface area (Å²) >= 11 is 5.02. The summed E-state index contributed by atoms with van der Waals surface area (Å²) in [5.74, 6) is 2.60. The van der Waals surface area contributed by atoms with Crippen molar-refractivity contribution >= 4 is 37.7 Å². The van der Waals surface area contributed by atoms with Crippen LogP contribution in [0.5, 0.6) is 0 Å².